The molecule has 0 saturated heterocycles. The number of carbonyl (C=O) groups excluding carboxylic acids is 4. The first-order valence-corrected chi connectivity index (χ1v) is 12.3. The van der Waals surface area contributed by atoms with Crippen molar-refractivity contribution in [1.82, 2.24) is 0 Å². The Labute approximate surface area is 241 Å². The average molecular weight is 581 g/mol. The number of phenols is 2. The normalized spacial score (nSPS) is 12.0. The molecule has 0 atom stereocenters. The molecule has 0 spiro atoms. The molecule has 0 unspecified atom stereocenters. The van der Waals surface area contributed by atoms with Crippen molar-refractivity contribution in [2.24, 2.45) is 0 Å². The van der Waals surface area contributed by atoms with Gasteiger partial charge in [0.1, 0.15) is 11.5 Å². The Morgan fingerprint density at radius 1 is 0.581 bits per heavy atom. The van der Waals surface area contributed by atoms with E-state index in [0.717, 1.165) is 59.5 Å². The minimum absolute atomic E-state index is 0.0961. The number of phenolic OH excluding ortho intramolecular Hbond substituents is 2. The lowest BCUT2D eigenvalue weighted by Gasteiger charge is -2.18. The molecule has 0 saturated carbocycles. The van der Waals surface area contributed by atoms with E-state index in [9.17, 15) is 49.2 Å². The van der Waals surface area contributed by atoms with Gasteiger partial charge in [-0.05, 0) is 66.7 Å². The molecule has 13 nitrogen and oxygen atoms in total. The van der Waals surface area contributed by atoms with Gasteiger partial charge < -0.3 is 31.1 Å². The summed E-state index contributed by atoms with van der Waals surface area (Å²) in [4.78, 5) is 77.1. The van der Waals surface area contributed by atoms with Gasteiger partial charge in [0.2, 0.25) is 0 Å². The number of fused-ring (bicyclic) bond motifs is 1. The molecule has 5 rings (SSSR count). The second kappa shape index (κ2) is 10.8. The number of hydrogen-bond acceptors (Lipinski definition) is 8. The second-order valence-electron chi connectivity index (χ2n) is 9.24. The van der Waals surface area contributed by atoms with Crippen LogP contribution in [0.2, 0.25) is 0 Å². The zero-order valence-corrected chi connectivity index (χ0v) is 21.7. The molecule has 0 aliphatic carbocycles. The maximum atomic E-state index is 13.3. The van der Waals surface area contributed by atoms with E-state index in [1.165, 1.54) is 12.1 Å². The fourth-order valence-corrected chi connectivity index (χ4v) is 4.45. The smallest absolute Gasteiger partial charge is 0.337 e. The zero-order chi connectivity index (χ0) is 31.0. The van der Waals surface area contributed by atoms with Crippen molar-refractivity contribution in [1.29, 1.82) is 0 Å². The number of amides is 4. The Morgan fingerprint density at radius 3 is 1.40 bits per heavy atom. The van der Waals surface area contributed by atoms with E-state index >= 15 is 0 Å². The number of benzene rings is 4. The van der Waals surface area contributed by atoms with Crippen LogP contribution in [0.1, 0.15) is 62.1 Å². The summed E-state index contributed by atoms with van der Waals surface area (Å²) in [5, 5.41) is 43.1. The maximum Gasteiger partial charge on any atom is 0.337 e. The Hall–Kier alpha value is -6.50. The number of nitrogens with zero attached hydrogens (tertiary/aromatic N) is 1. The Kier molecular flexibility index (Phi) is 7.05. The molecule has 1 aliphatic heterocycles. The highest BCUT2D eigenvalue weighted by Crippen LogP contribution is 2.31. The first kappa shape index (κ1) is 28.0. The Morgan fingerprint density at radius 2 is 1.00 bits per heavy atom. The van der Waals surface area contributed by atoms with E-state index < -0.39 is 46.7 Å². The van der Waals surface area contributed by atoms with Crippen LogP contribution < -0.4 is 15.5 Å². The molecule has 0 bridgehead atoms. The summed E-state index contributed by atoms with van der Waals surface area (Å²) in [5.74, 6) is -6.93. The fraction of sp³-hybridized carbons (Fsp3) is 0. The highest BCUT2D eigenvalue weighted by Gasteiger charge is 2.37. The standard InChI is InChI=1S/C30H19N3O10/c34-17-5-7-23(21(12-17)29(40)41)31-25(36)14-9-15(26(37)32-24-8-6-18(35)13-22(24)30(42)43)11-16(10-14)33-27(38)19-3-1-2-4-20(19)28(33)39/h1-13,34-35H,(H,31,36)(H,32,37)(H,40,41)(H,42,43). The van der Waals surface area contributed by atoms with Crippen LogP contribution in [0.4, 0.5) is 17.1 Å². The Bertz CT molecular complexity index is 1770. The number of aromatic carboxylic acids is 2. The van der Waals surface area contributed by atoms with E-state index in [-0.39, 0.29) is 50.8 Å². The van der Waals surface area contributed by atoms with E-state index in [0.29, 0.717) is 0 Å². The van der Waals surface area contributed by atoms with Crippen molar-refractivity contribution < 1.29 is 49.2 Å². The van der Waals surface area contributed by atoms with Crippen molar-refractivity contribution in [3.05, 3.63) is 112 Å². The van der Waals surface area contributed by atoms with E-state index in [2.05, 4.69) is 10.6 Å². The average Bonchev–Trinajstić information content (AvgIpc) is 3.23. The molecular formula is C30H19N3O10. The molecule has 0 radical (unpaired) electrons. The summed E-state index contributed by atoms with van der Waals surface area (Å²) in [6.07, 6.45) is 0. The summed E-state index contributed by atoms with van der Waals surface area (Å²) in [5.41, 5.74) is -1.77. The predicted octanol–water partition coefficient (Wildman–Crippen LogP) is 3.80. The van der Waals surface area contributed by atoms with Crippen molar-refractivity contribution in [3.8, 4) is 11.5 Å². The van der Waals surface area contributed by atoms with Gasteiger partial charge in [0.25, 0.3) is 23.6 Å². The minimum atomic E-state index is -1.45. The summed E-state index contributed by atoms with van der Waals surface area (Å²) < 4.78 is 0. The van der Waals surface area contributed by atoms with E-state index in [4.69, 9.17) is 0 Å². The van der Waals surface area contributed by atoms with Crippen LogP contribution in [0.15, 0.2) is 78.9 Å². The minimum Gasteiger partial charge on any atom is -0.508 e. The van der Waals surface area contributed by atoms with Crippen LogP contribution in [0.3, 0.4) is 0 Å². The van der Waals surface area contributed by atoms with Gasteiger partial charge >= 0.3 is 11.9 Å². The molecule has 13 heteroatoms. The molecule has 43 heavy (non-hydrogen) atoms. The lowest BCUT2D eigenvalue weighted by atomic mass is 10.1. The third kappa shape index (κ3) is 5.32. The van der Waals surface area contributed by atoms with Gasteiger partial charge in [0.05, 0.1) is 39.3 Å². The van der Waals surface area contributed by atoms with Gasteiger partial charge in [0.15, 0.2) is 0 Å². The van der Waals surface area contributed by atoms with Crippen LogP contribution in [0.5, 0.6) is 11.5 Å². The van der Waals surface area contributed by atoms with Gasteiger partial charge in [-0.3, -0.25) is 19.2 Å². The molecule has 0 fully saturated rings. The quantitative estimate of drug-likeness (QED) is 0.137. The maximum absolute atomic E-state index is 13.3. The van der Waals surface area contributed by atoms with Crippen molar-refractivity contribution >= 4 is 52.6 Å². The van der Waals surface area contributed by atoms with Gasteiger partial charge in [0, 0.05) is 11.1 Å². The van der Waals surface area contributed by atoms with E-state index in [1.807, 2.05) is 0 Å². The Balaban J connectivity index is 1.58. The number of hydrogen-bond donors (Lipinski definition) is 6. The third-order valence-corrected chi connectivity index (χ3v) is 6.46. The summed E-state index contributed by atoms with van der Waals surface area (Å²) in [6, 6.07) is 15.8. The van der Waals surface area contributed by atoms with Gasteiger partial charge in [-0.1, -0.05) is 12.1 Å². The fourth-order valence-electron chi connectivity index (χ4n) is 4.45. The van der Waals surface area contributed by atoms with Crippen molar-refractivity contribution in [2.75, 3.05) is 15.5 Å². The number of carbonyl (C=O) groups is 6. The molecule has 214 valence electrons. The van der Waals surface area contributed by atoms with Crippen LogP contribution in [0, 0.1) is 0 Å². The summed E-state index contributed by atoms with van der Waals surface area (Å²) in [7, 11) is 0. The van der Waals surface area contributed by atoms with Gasteiger partial charge in [-0.25, -0.2) is 14.5 Å². The van der Waals surface area contributed by atoms with Gasteiger partial charge in [-0.15, -0.1) is 0 Å². The van der Waals surface area contributed by atoms with Crippen LogP contribution in [-0.4, -0.2) is 56.0 Å². The largest absolute Gasteiger partial charge is 0.508 e. The van der Waals surface area contributed by atoms with E-state index in [1.54, 1.807) is 12.1 Å². The number of aromatic hydroxyl groups is 2. The monoisotopic (exact) mass is 581 g/mol. The molecule has 4 amide bonds. The lowest BCUT2D eigenvalue weighted by Crippen LogP contribution is -2.30. The lowest BCUT2D eigenvalue weighted by molar-refractivity contribution is 0.0686. The van der Waals surface area contributed by atoms with Crippen LogP contribution in [-0.2, 0) is 0 Å². The van der Waals surface area contributed by atoms with Crippen LogP contribution in [0.25, 0.3) is 0 Å². The predicted molar refractivity (Wildman–Crippen MR) is 150 cm³/mol. The third-order valence-electron chi connectivity index (χ3n) is 6.46. The number of nitrogens with one attached hydrogen (secondary N) is 2. The first-order valence-electron chi connectivity index (χ1n) is 12.3. The van der Waals surface area contributed by atoms with Crippen molar-refractivity contribution in [3.63, 3.8) is 0 Å². The molecule has 6 N–H and O–H groups in total. The molecule has 4 aromatic carbocycles. The topological polar surface area (TPSA) is 211 Å². The molecule has 4 aromatic rings. The highest BCUT2D eigenvalue weighted by atomic mass is 16.4. The highest BCUT2D eigenvalue weighted by molar-refractivity contribution is 6.34. The summed E-state index contributed by atoms with van der Waals surface area (Å²) in [6.45, 7) is 0. The van der Waals surface area contributed by atoms with Gasteiger partial charge in [-0.2, -0.15) is 0 Å². The number of rotatable bonds is 7. The molecule has 1 aliphatic rings. The first-order chi connectivity index (χ1) is 20.4. The number of carboxylic acids is 2. The number of carboxylic acid groups (broad SMARTS) is 2. The molecular weight excluding hydrogens is 562 g/mol. The van der Waals surface area contributed by atoms with Crippen molar-refractivity contribution in [2.45, 2.75) is 0 Å². The zero-order valence-electron chi connectivity index (χ0n) is 21.7. The summed E-state index contributed by atoms with van der Waals surface area (Å²) >= 11 is 0. The van der Waals surface area contributed by atoms with Crippen LogP contribution >= 0.6 is 0 Å². The second-order valence-corrected chi connectivity index (χ2v) is 9.24. The number of imide groups is 1. The SMILES string of the molecule is O=C(Nc1ccc(O)cc1C(=O)O)c1cc(C(=O)Nc2ccc(O)cc2C(=O)O)cc(N2C(=O)c3ccccc3C2=O)c1. The molecule has 1 heterocycles. The number of anilines is 3. The molecule has 0 aromatic heterocycles.